The fraction of sp³-hybridized carbons (Fsp3) is 1.00. The van der Waals surface area contributed by atoms with Crippen molar-refractivity contribution in [2.45, 2.75) is 13.3 Å². The van der Waals surface area contributed by atoms with Crippen LogP contribution < -0.4 is 29.9 Å². The Hall–Kier alpha value is 0.500. The maximum atomic E-state index is 8.47. The average molecular weight is 161 g/mol. The summed E-state index contributed by atoms with van der Waals surface area (Å²) in [5, 5.41) is 9.01. The molecule has 0 aromatic rings. The molecule has 54 valence electrons. The quantitative estimate of drug-likeness (QED) is 0.387. The number of hydrogen-bond donors (Lipinski definition) is 2. The summed E-state index contributed by atoms with van der Waals surface area (Å²) in [6.45, 7) is 2.89. The van der Waals surface area contributed by atoms with E-state index >= 15 is 0 Å². The smallest absolute Gasteiger partial charge is 0.106 e. The maximum absolute atomic E-state index is 8.47. The SMILES string of the molecule is CCC[NH+](C)O.[Cl-].[Cl-]. The van der Waals surface area contributed by atoms with E-state index in [1.807, 2.05) is 6.92 Å². The van der Waals surface area contributed by atoms with Gasteiger partial charge in [0.2, 0.25) is 0 Å². The molecule has 0 aliphatic heterocycles. The van der Waals surface area contributed by atoms with Gasteiger partial charge in [0.25, 0.3) is 0 Å². The second-order valence-corrected chi connectivity index (χ2v) is 1.49. The molecule has 8 heavy (non-hydrogen) atoms. The molecule has 0 rings (SSSR count). The van der Waals surface area contributed by atoms with Crippen LogP contribution >= 0.6 is 0 Å². The molecule has 0 aliphatic rings. The summed E-state index contributed by atoms with van der Waals surface area (Å²) in [4.78, 5) is 0. The molecule has 1 atom stereocenters. The van der Waals surface area contributed by atoms with Gasteiger partial charge in [-0.2, -0.15) is 5.06 Å². The molecule has 0 spiro atoms. The van der Waals surface area contributed by atoms with Crippen molar-refractivity contribution in [3.8, 4) is 0 Å². The molecule has 1 unspecified atom stereocenters. The highest BCUT2D eigenvalue weighted by atomic mass is 35.5. The molecule has 2 nitrogen and oxygen atoms in total. The molecular formula is C4H12Cl2NO-. The molecule has 0 amide bonds. The summed E-state index contributed by atoms with van der Waals surface area (Å²) in [6, 6.07) is 0. The minimum absolute atomic E-state index is 0. The van der Waals surface area contributed by atoms with Gasteiger partial charge in [0, 0.05) is 0 Å². The van der Waals surface area contributed by atoms with Gasteiger partial charge in [-0.3, -0.25) is 0 Å². The molecule has 0 saturated heterocycles. The molecule has 0 fully saturated rings. The Labute approximate surface area is 62.6 Å². The first-order valence-corrected chi connectivity index (χ1v) is 2.28. The molecule has 0 heterocycles. The van der Waals surface area contributed by atoms with Crippen LogP contribution in [-0.2, 0) is 0 Å². The number of quaternary nitrogens is 1. The minimum atomic E-state index is 0. The summed E-state index contributed by atoms with van der Waals surface area (Å²) in [6.07, 6.45) is 1.04. The molecule has 0 saturated carbocycles. The van der Waals surface area contributed by atoms with Gasteiger partial charge in [0.1, 0.15) is 6.54 Å². The van der Waals surface area contributed by atoms with E-state index in [1.54, 1.807) is 7.05 Å². The minimum Gasteiger partial charge on any atom is -1.00 e. The van der Waals surface area contributed by atoms with Gasteiger partial charge in [-0.1, -0.05) is 6.92 Å². The lowest BCUT2D eigenvalue weighted by Crippen LogP contribution is -3.06. The fourth-order valence-corrected chi connectivity index (χ4v) is 0.362. The van der Waals surface area contributed by atoms with Crippen LogP contribution in [-0.4, -0.2) is 18.8 Å². The standard InChI is InChI=1S/C4H11NO.2ClH/c1-3-4-5(2)6;;/h6H,3-4H2,1-2H3;2*1H/p-1. The van der Waals surface area contributed by atoms with Crippen molar-refractivity contribution in [3.63, 3.8) is 0 Å². The number of nitrogens with one attached hydrogen (secondary N) is 1. The summed E-state index contributed by atoms with van der Waals surface area (Å²) >= 11 is 0. The van der Waals surface area contributed by atoms with E-state index in [9.17, 15) is 0 Å². The first-order valence-electron chi connectivity index (χ1n) is 2.28. The lowest BCUT2D eigenvalue weighted by atomic mass is 10.5. The zero-order valence-electron chi connectivity index (χ0n) is 5.12. The Morgan fingerprint density at radius 3 is 1.75 bits per heavy atom. The molecule has 2 N–H and O–H groups in total. The highest BCUT2D eigenvalue weighted by molar-refractivity contribution is 4.11. The van der Waals surface area contributed by atoms with E-state index in [1.165, 1.54) is 0 Å². The zero-order chi connectivity index (χ0) is 4.99. The summed E-state index contributed by atoms with van der Waals surface area (Å²) in [5.74, 6) is 0. The van der Waals surface area contributed by atoms with Crippen LogP contribution in [0.25, 0.3) is 0 Å². The lowest BCUT2D eigenvalue weighted by molar-refractivity contribution is -1.07. The number of halogens is 2. The van der Waals surface area contributed by atoms with Gasteiger partial charge in [0.05, 0.1) is 7.05 Å². The normalized spacial score (nSPS) is 10.9. The number of hydroxylamine groups is 2. The van der Waals surface area contributed by atoms with E-state index in [-0.39, 0.29) is 24.8 Å². The van der Waals surface area contributed by atoms with Gasteiger partial charge in [-0.05, 0) is 6.42 Å². The van der Waals surface area contributed by atoms with Crippen LogP contribution in [0.4, 0.5) is 0 Å². The molecule has 0 bridgehead atoms. The Bertz CT molecular complexity index is 35.2. The first kappa shape index (κ1) is 15.8. The van der Waals surface area contributed by atoms with Crippen LogP contribution in [0.3, 0.4) is 0 Å². The maximum Gasteiger partial charge on any atom is 0.106 e. The number of hydrogen-bond acceptors (Lipinski definition) is 1. The Morgan fingerprint density at radius 1 is 1.38 bits per heavy atom. The highest BCUT2D eigenvalue weighted by Crippen LogP contribution is 1.58. The third kappa shape index (κ3) is 16.1. The van der Waals surface area contributed by atoms with Crippen LogP contribution in [0.15, 0.2) is 0 Å². The van der Waals surface area contributed by atoms with Gasteiger partial charge in [-0.25, -0.2) is 5.21 Å². The second-order valence-electron chi connectivity index (χ2n) is 1.49. The van der Waals surface area contributed by atoms with Crippen molar-refractivity contribution in [2.24, 2.45) is 0 Å². The lowest BCUT2D eigenvalue weighted by Gasteiger charge is -1.97. The second kappa shape index (κ2) is 10.5. The third-order valence-electron chi connectivity index (χ3n) is 0.612. The van der Waals surface area contributed by atoms with Gasteiger partial charge in [-0.15, -0.1) is 0 Å². The van der Waals surface area contributed by atoms with E-state index in [2.05, 4.69) is 0 Å². The largest absolute Gasteiger partial charge is 1.00 e. The monoisotopic (exact) mass is 160 g/mol. The summed E-state index contributed by atoms with van der Waals surface area (Å²) in [5.41, 5.74) is 0. The predicted molar refractivity (Wildman–Crippen MR) is 23.8 cm³/mol. The molecule has 4 heteroatoms. The highest BCUT2D eigenvalue weighted by Gasteiger charge is 1.86. The summed E-state index contributed by atoms with van der Waals surface area (Å²) in [7, 11) is 1.73. The molecule has 0 aromatic carbocycles. The van der Waals surface area contributed by atoms with Crippen molar-refractivity contribution < 1.29 is 35.1 Å². The Morgan fingerprint density at radius 2 is 1.75 bits per heavy atom. The van der Waals surface area contributed by atoms with E-state index in [0.29, 0.717) is 5.06 Å². The van der Waals surface area contributed by atoms with Crippen LogP contribution in [0.1, 0.15) is 13.3 Å². The van der Waals surface area contributed by atoms with Crippen molar-refractivity contribution in [1.82, 2.24) is 0 Å². The number of rotatable bonds is 2. The van der Waals surface area contributed by atoms with Crippen LogP contribution in [0.5, 0.6) is 0 Å². The van der Waals surface area contributed by atoms with E-state index < -0.39 is 0 Å². The molecule has 0 radical (unpaired) electrons. The van der Waals surface area contributed by atoms with Gasteiger partial charge in [0.15, 0.2) is 0 Å². The Kier molecular flexibility index (Phi) is 20.7. The van der Waals surface area contributed by atoms with Gasteiger partial charge < -0.3 is 24.8 Å². The van der Waals surface area contributed by atoms with E-state index in [4.69, 9.17) is 5.21 Å². The van der Waals surface area contributed by atoms with Crippen LogP contribution in [0, 0.1) is 0 Å². The summed E-state index contributed by atoms with van der Waals surface area (Å²) < 4.78 is 0. The topological polar surface area (TPSA) is 24.7 Å². The molecule has 0 aliphatic carbocycles. The fourth-order valence-electron chi connectivity index (χ4n) is 0.362. The Balaban J connectivity index is -0.000000125. The van der Waals surface area contributed by atoms with E-state index in [0.717, 1.165) is 13.0 Å². The average Bonchev–Trinajstić information content (AvgIpc) is 1.35. The molecular weight excluding hydrogens is 149 g/mol. The van der Waals surface area contributed by atoms with Crippen LogP contribution in [0.2, 0.25) is 0 Å². The van der Waals surface area contributed by atoms with Crippen molar-refractivity contribution in [3.05, 3.63) is 0 Å². The third-order valence-corrected chi connectivity index (χ3v) is 0.612. The first-order chi connectivity index (χ1) is 2.77. The molecule has 0 aromatic heterocycles. The van der Waals surface area contributed by atoms with Crippen molar-refractivity contribution >= 4 is 0 Å². The van der Waals surface area contributed by atoms with Gasteiger partial charge >= 0.3 is 0 Å². The van der Waals surface area contributed by atoms with Crippen molar-refractivity contribution in [1.29, 1.82) is 0 Å². The van der Waals surface area contributed by atoms with Crippen molar-refractivity contribution in [2.75, 3.05) is 13.6 Å². The zero-order valence-corrected chi connectivity index (χ0v) is 6.63. The predicted octanol–water partition coefficient (Wildman–Crippen LogP) is -6.69.